The van der Waals surface area contributed by atoms with Crippen molar-refractivity contribution >= 4 is 23.4 Å². The van der Waals surface area contributed by atoms with Crippen LogP contribution in [0.2, 0.25) is 0 Å². The molecule has 3 aromatic carbocycles. The molecular formula is C23H21N3O3. The summed E-state index contributed by atoms with van der Waals surface area (Å²) in [6.45, 7) is 3.69. The van der Waals surface area contributed by atoms with E-state index in [4.69, 9.17) is 0 Å². The van der Waals surface area contributed by atoms with Gasteiger partial charge in [-0.2, -0.15) is 0 Å². The molecule has 0 bridgehead atoms. The maximum Gasteiger partial charge on any atom is 0.269 e. The van der Waals surface area contributed by atoms with Crippen LogP contribution >= 0.6 is 0 Å². The lowest BCUT2D eigenvalue weighted by molar-refractivity contribution is 0.0846. The molecule has 0 saturated carbocycles. The second-order valence-corrected chi connectivity index (χ2v) is 6.57. The molecule has 6 nitrogen and oxygen atoms in total. The number of hydrogen-bond donors (Lipinski definition) is 3. The molecule has 3 rings (SSSR count). The van der Waals surface area contributed by atoms with E-state index in [0.717, 1.165) is 11.1 Å². The smallest absolute Gasteiger partial charge is 0.269 e. The van der Waals surface area contributed by atoms with Crippen LogP contribution in [0.3, 0.4) is 0 Å². The SMILES string of the molecule is Cc1ccccc1C(=O)NNC(=O)c1ccc(NC(=O)c2ccccc2C)cc1. The van der Waals surface area contributed by atoms with Crippen LogP contribution in [0, 0.1) is 13.8 Å². The zero-order valence-electron chi connectivity index (χ0n) is 16.2. The number of amides is 3. The quantitative estimate of drug-likeness (QED) is 0.598. The van der Waals surface area contributed by atoms with Crippen molar-refractivity contribution in [2.24, 2.45) is 0 Å². The van der Waals surface area contributed by atoms with Crippen LogP contribution in [0.25, 0.3) is 0 Å². The molecular weight excluding hydrogens is 366 g/mol. The molecule has 0 aliphatic carbocycles. The van der Waals surface area contributed by atoms with Gasteiger partial charge >= 0.3 is 0 Å². The van der Waals surface area contributed by atoms with E-state index in [-0.39, 0.29) is 5.91 Å². The first-order valence-corrected chi connectivity index (χ1v) is 9.09. The van der Waals surface area contributed by atoms with Crippen molar-refractivity contribution < 1.29 is 14.4 Å². The van der Waals surface area contributed by atoms with Gasteiger partial charge in [0.25, 0.3) is 17.7 Å². The van der Waals surface area contributed by atoms with Crippen molar-refractivity contribution in [1.29, 1.82) is 0 Å². The molecule has 3 aromatic rings. The zero-order chi connectivity index (χ0) is 20.8. The molecule has 0 atom stereocenters. The predicted octanol–water partition coefficient (Wildman–Crippen LogP) is 3.63. The van der Waals surface area contributed by atoms with Gasteiger partial charge in [-0.3, -0.25) is 25.2 Å². The predicted molar refractivity (Wildman–Crippen MR) is 112 cm³/mol. The average Bonchev–Trinajstić information content (AvgIpc) is 2.73. The number of anilines is 1. The Hall–Kier alpha value is -3.93. The highest BCUT2D eigenvalue weighted by Gasteiger charge is 2.12. The van der Waals surface area contributed by atoms with Gasteiger partial charge in [-0.1, -0.05) is 36.4 Å². The van der Waals surface area contributed by atoms with Gasteiger partial charge in [0.1, 0.15) is 0 Å². The van der Waals surface area contributed by atoms with Crippen molar-refractivity contribution in [3.05, 3.63) is 101 Å². The molecule has 0 heterocycles. The fraction of sp³-hybridized carbons (Fsp3) is 0.0870. The van der Waals surface area contributed by atoms with E-state index in [2.05, 4.69) is 16.2 Å². The molecule has 0 aliphatic rings. The minimum Gasteiger partial charge on any atom is -0.322 e. The van der Waals surface area contributed by atoms with Crippen LogP contribution in [0.4, 0.5) is 5.69 Å². The summed E-state index contributed by atoms with van der Waals surface area (Å²) in [7, 11) is 0. The Balaban J connectivity index is 1.59. The van der Waals surface area contributed by atoms with Gasteiger partial charge in [0.2, 0.25) is 0 Å². The van der Waals surface area contributed by atoms with E-state index in [9.17, 15) is 14.4 Å². The number of benzene rings is 3. The molecule has 0 spiro atoms. The van der Waals surface area contributed by atoms with Crippen LogP contribution in [-0.4, -0.2) is 17.7 Å². The number of hydrazine groups is 1. The summed E-state index contributed by atoms with van der Waals surface area (Å²) in [5, 5.41) is 2.80. The van der Waals surface area contributed by atoms with Gasteiger partial charge in [-0.25, -0.2) is 0 Å². The molecule has 6 heteroatoms. The summed E-state index contributed by atoms with van der Waals surface area (Å²) in [6, 6.07) is 20.8. The van der Waals surface area contributed by atoms with E-state index < -0.39 is 11.8 Å². The highest BCUT2D eigenvalue weighted by atomic mass is 16.2. The van der Waals surface area contributed by atoms with E-state index >= 15 is 0 Å². The first-order valence-electron chi connectivity index (χ1n) is 9.09. The topological polar surface area (TPSA) is 87.3 Å². The van der Waals surface area contributed by atoms with Gasteiger partial charge in [-0.05, 0) is 61.4 Å². The highest BCUT2D eigenvalue weighted by Crippen LogP contribution is 2.13. The Morgan fingerprint density at radius 3 is 1.62 bits per heavy atom. The van der Waals surface area contributed by atoms with Crippen molar-refractivity contribution in [2.45, 2.75) is 13.8 Å². The number of aryl methyl sites for hydroxylation is 2. The summed E-state index contributed by atoms with van der Waals surface area (Å²) in [6.07, 6.45) is 0. The Bertz CT molecular complexity index is 1060. The van der Waals surface area contributed by atoms with Crippen molar-refractivity contribution in [3.63, 3.8) is 0 Å². The first kappa shape index (κ1) is 19.8. The Morgan fingerprint density at radius 2 is 1.07 bits per heavy atom. The molecule has 3 amide bonds. The average molecular weight is 387 g/mol. The molecule has 0 saturated heterocycles. The van der Waals surface area contributed by atoms with Gasteiger partial charge in [-0.15, -0.1) is 0 Å². The fourth-order valence-corrected chi connectivity index (χ4v) is 2.81. The summed E-state index contributed by atoms with van der Waals surface area (Å²) < 4.78 is 0. The third-order valence-electron chi connectivity index (χ3n) is 4.47. The number of carbonyl (C=O) groups is 3. The molecule has 146 valence electrons. The number of carbonyl (C=O) groups excluding carboxylic acids is 3. The first-order chi connectivity index (χ1) is 14.0. The standard InChI is InChI=1S/C23H21N3O3/c1-15-7-3-5-9-19(15)22(28)24-18-13-11-17(12-14-18)21(27)25-26-23(29)20-10-6-4-8-16(20)2/h3-14H,1-2H3,(H,24,28)(H,25,27)(H,26,29). The maximum absolute atomic E-state index is 12.4. The minimum atomic E-state index is -0.455. The summed E-state index contributed by atoms with van der Waals surface area (Å²) in [4.78, 5) is 36.8. The van der Waals surface area contributed by atoms with Crippen LogP contribution in [-0.2, 0) is 0 Å². The van der Waals surface area contributed by atoms with Crippen molar-refractivity contribution in [1.82, 2.24) is 10.9 Å². The normalized spacial score (nSPS) is 10.1. The molecule has 0 radical (unpaired) electrons. The lowest BCUT2D eigenvalue weighted by atomic mass is 10.1. The van der Waals surface area contributed by atoms with E-state index in [1.807, 2.05) is 38.1 Å². The number of nitrogens with one attached hydrogen (secondary N) is 3. The Kier molecular flexibility index (Phi) is 6.04. The minimum absolute atomic E-state index is 0.217. The maximum atomic E-state index is 12.4. The monoisotopic (exact) mass is 387 g/mol. The Labute approximate surface area is 168 Å². The van der Waals surface area contributed by atoms with Gasteiger partial charge in [0.05, 0.1) is 0 Å². The van der Waals surface area contributed by atoms with E-state index in [1.54, 1.807) is 48.5 Å². The van der Waals surface area contributed by atoms with E-state index in [0.29, 0.717) is 22.4 Å². The molecule has 0 aromatic heterocycles. The second kappa shape index (κ2) is 8.84. The molecule has 29 heavy (non-hydrogen) atoms. The van der Waals surface area contributed by atoms with Crippen LogP contribution in [0.1, 0.15) is 42.2 Å². The second-order valence-electron chi connectivity index (χ2n) is 6.57. The molecule has 0 aliphatic heterocycles. The van der Waals surface area contributed by atoms with Crippen LogP contribution < -0.4 is 16.2 Å². The third kappa shape index (κ3) is 4.87. The molecule has 0 unspecified atom stereocenters. The number of rotatable bonds is 4. The molecule has 0 fully saturated rings. The lowest BCUT2D eigenvalue weighted by Crippen LogP contribution is -2.41. The number of hydrogen-bond acceptors (Lipinski definition) is 3. The van der Waals surface area contributed by atoms with Crippen molar-refractivity contribution in [2.75, 3.05) is 5.32 Å². The molecule has 3 N–H and O–H groups in total. The Morgan fingerprint density at radius 1 is 0.586 bits per heavy atom. The summed E-state index contributed by atoms with van der Waals surface area (Å²) in [5.41, 5.74) is 8.49. The summed E-state index contributed by atoms with van der Waals surface area (Å²) >= 11 is 0. The van der Waals surface area contributed by atoms with Crippen LogP contribution in [0.15, 0.2) is 72.8 Å². The zero-order valence-corrected chi connectivity index (χ0v) is 16.2. The van der Waals surface area contributed by atoms with Gasteiger partial charge in [0.15, 0.2) is 0 Å². The fourth-order valence-electron chi connectivity index (χ4n) is 2.81. The third-order valence-corrected chi connectivity index (χ3v) is 4.47. The lowest BCUT2D eigenvalue weighted by Gasteiger charge is -2.10. The van der Waals surface area contributed by atoms with Gasteiger partial charge in [0, 0.05) is 22.4 Å². The van der Waals surface area contributed by atoms with Gasteiger partial charge < -0.3 is 5.32 Å². The van der Waals surface area contributed by atoms with E-state index in [1.165, 1.54) is 0 Å². The largest absolute Gasteiger partial charge is 0.322 e. The summed E-state index contributed by atoms with van der Waals surface area (Å²) in [5.74, 6) is -1.06. The highest BCUT2D eigenvalue weighted by molar-refractivity contribution is 6.05. The van der Waals surface area contributed by atoms with Crippen molar-refractivity contribution in [3.8, 4) is 0 Å². The van der Waals surface area contributed by atoms with Crippen LogP contribution in [0.5, 0.6) is 0 Å².